The summed E-state index contributed by atoms with van der Waals surface area (Å²) in [5, 5.41) is 24.1. The zero-order chi connectivity index (χ0) is 18.5. The maximum Gasteiger partial charge on any atom is 0.219 e. The lowest BCUT2D eigenvalue weighted by atomic mass is 9.73. The number of nitrogens with one attached hydrogen (secondary N) is 2. The average molecular weight is 356 g/mol. The average Bonchev–Trinajstić information content (AvgIpc) is 2.93. The summed E-state index contributed by atoms with van der Waals surface area (Å²) in [6, 6.07) is 4.56. The SMILES string of the molecule is COc1cc(C2Nc3nonc3NC3=C2C(=O)CC(C)(C)C3)ccc1O. The zero-order valence-electron chi connectivity index (χ0n) is 14.8. The highest BCUT2D eigenvalue weighted by molar-refractivity contribution is 6.00. The molecule has 3 N–H and O–H groups in total. The van der Waals surface area contributed by atoms with E-state index in [-0.39, 0.29) is 16.9 Å². The molecule has 0 fully saturated rings. The number of phenolic OH excluding ortho intramolecular Hbond substituents is 1. The molecule has 1 aromatic carbocycles. The minimum Gasteiger partial charge on any atom is -0.504 e. The highest BCUT2D eigenvalue weighted by Crippen LogP contribution is 2.45. The molecule has 1 aromatic heterocycles. The van der Waals surface area contributed by atoms with Gasteiger partial charge in [-0.15, -0.1) is 0 Å². The molecule has 0 amide bonds. The zero-order valence-corrected chi connectivity index (χ0v) is 14.8. The highest BCUT2D eigenvalue weighted by Gasteiger charge is 2.39. The predicted octanol–water partition coefficient (Wildman–Crippen LogP) is 3.01. The van der Waals surface area contributed by atoms with Gasteiger partial charge in [0.1, 0.15) is 0 Å². The second-order valence-electron chi connectivity index (χ2n) is 7.43. The predicted molar refractivity (Wildman–Crippen MR) is 94.0 cm³/mol. The summed E-state index contributed by atoms with van der Waals surface area (Å²) >= 11 is 0. The maximum atomic E-state index is 13.0. The van der Waals surface area contributed by atoms with Crippen molar-refractivity contribution in [2.24, 2.45) is 5.41 Å². The molecule has 136 valence electrons. The van der Waals surface area contributed by atoms with E-state index in [1.54, 1.807) is 18.2 Å². The Hall–Kier alpha value is -3.03. The molecule has 1 unspecified atom stereocenters. The maximum absolute atomic E-state index is 13.0. The van der Waals surface area contributed by atoms with Gasteiger partial charge in [0.15, 0.2) is 17.3 Å². The van der Waals surface area contributed by atoms with Crippen LogP contribution in [0.15, 0.2) is 34.1 Å². The number of anilines is 2. The molecule has 1 atom stereocenters. The number of rotatable bonds is 2. The van der Waals surface area contributed by atoms with E-state index in [9.17, 15) is 9.90 Å². The Kier molecular flexibility index (Phi) is 3.64. The number of hydrogen-bond donors (Lipinski definition) is 3. The quantitative estimate of drug-likeness (QED) is 0.753. The smallest absolute Gasteiger partial charge is 0.219 e. The number of allylic oxidation sites excluding steroid dienone is 1. The molecule has 0 bridgehead atoms. The first-order valence-electron chi connectivity index (χ1n) is 8.37. The molecule has 0 spiro atoms. The normalized spacial score (nSPS) is 21.2. The van der Waals surface area contributed by atoms with Gasteiger partial charge in [-0.05, 0) is 39.8 Å². The van der Waals surface area contributed by atoms with Crippen LogP contribution in [0.4, 0.5) is 11.6 Å². The van der Waals surface area contributed by atoms with Crippen LogP contribution < -0.4 is 15.4 Å². The third-order valence-corrected chi connectivity index (χ3v) is 4.78. The Morgan fingerprint density at radius 1 is 1.27 bits per heavy atom. The van der Waals surface area contributed by atoms with Crippen LogP contribution in [0.5, 0.6) is 11.5 Å². The summed E-state index contributed by atoms with van der Waals surface area (Å²) in [6.45, 7) is 4.13. The van der Waals surface area contributed by atoms with Gasteiger partial charge in [0.2, 0.25) is 11.6 Å². The van der Waals surface area contributed by atoms with Gasteiger partial charge >= 0.3 is 0 Å². The standard InChI is InChI=1S/C18H20N4O4/c1-18(2)7-10-14(12(24)8-18)15(20-17-16(19-10)21-26-22-17)9-4-5-11(23)13(6-9)25-3/h4-6,15,23H,7-8H2,1-3H3,(H,19,21)(H,20,22). The van der Waals surface area contributed by atoms with Crippen LogP contribution >= 0.6 is 0 Å². The molecule has 0 saturated carbocycles. The van der Waals surface area contributed by atoms with Gasteiger partial charge in [0, 0.05) is 17.7 Å². The number of phenols is 1. The molecule has 26 heavy (non-hydrogen) atoms. The van der Waals surface area contributed by atoms with Crippen LogP contribution in [0.25, 0.3) is 0 Å². The van der Waals surface area contributed by atoms with E-state index in [2.05, 4.69) is 34.8 Å². The summed E-state index contributed by atoms with van der Waals surface area (Å²) in [5.74, 6) is 1.33. The van der Waals surface area contributed by atoms with Gasteiger partial charge in [-0.1, -0.05) is 19.9 Å². The molecule has 0 radical (unpaired) electrons. The van der Waals surface area contributed by atoms with Gasteiger partial charge in [0.25, 0.3) is 0 Å². The number of nitrogens with zero attached hydrogens (tertiary/aromatic N) is 2. The molecule has 8 heteroatoms. The van der Waals surface area contributed by atoms with Crippen molar-refractivity contribution >= 4 is 17.4 Å². The molecule has 2 heterocycles. The Labute approximate surface area is 150 Å². The lowest BCUT2D eigenvalue weighted by molar-refractivity contribution is -0.118. The number of carbonyl (C=O) groups is 1. The van der Waals surface area contributed by atoms with E-state index in [0.717, 1.165) is 11.3 Å². The lowest BCUT2D eigenvalue weighted by Gasteiger charge is -2.34. The highest BCUT2D eigenvalue weighted by atomic mass is 16.6. The van der Waals surface area contributed by atoms with Crippen LogP contribution in [-0.4, -0.2) is 28.3 Å². The van der Waals surface area contributed by atoms with Crippen LogP contribution in [0.2, 0.25) is 0 Å². The van der Waals surface area contributed by atoms with E-state index < -0.39 is 6.04 Å². The summed E-state index contributed by atoms with van der Waals surface area (Å²) in [7, 11) is 1.49. The van der Waals surface area contributed by atoms with E-state index in [1.807, 2.05) is 0 Å². The third-order valence-electron chi connectivity index (χ3n) is 4.78. The number of hydrogen-bond acceptors (Lipinski definition) is 8. The van der Waals surface area contributed by atoms with E-state index in [0.29, 0.717) is 35.8 Å². The van der Waals surface area contributed by atoms with E-state index in [1.165, 1.54) is 7.11 Å². The number of carbonyl (C=O) groups excluding carboxylic acids is 1. The monoisotopic (exact) mass is 356 g/mol. The first-order chi connectivity index (χ1) is 12.4. The minimum atomic E-state index is -0.455. The van der Waals surface area contributed by atoms with E-state index >= 15 is 0 Å². The summed E-state index contributed by atoms with van der Waals surface area (Å²) in [6.07, 6.45) is 1.16. The van der Waals surface area contributed by atoms with Crippen molar-refractivity contribution in [3.8, 4) is 11.5 Å². The number of methoxy groups -OCH3 is 1. The summed E-state index contributed by atoms with van der Waals surface area (Å²) in [4.78, 5) is 13.0. The van der Waals surface area contributed by atoms with E-state index in [4.69, 9.17) is 9.37 Å². The van der Waals surface area contributed by atoms with Crippen molar-refractivity contribution in [3.05, 3.63) is 35.0 Å². The Balaban J connectivity index is 1.87. The first kappa shape index (κ1) is 16.4. The fourth-order valence-electron chi connectivity index (χ4n) is 3.62. The molecule has 1 aliphatic heterocycles. The second kappa shape index (κ2) is 5.76. The fraction of sp³-hybridized carbons (Fsp3) is 0.389. The summed E-state index contributed by atoms with van der Waals surface area (Å²) in [5.41, 5.74) is 2.09. The number of Topliss-reactive ketones (excluding diaryl/α,β-unsaturated/α-hetero) is 1. The molecular formula is C18H20N4O4. The minimum absolute atomic E-state index is 0.0390. The van der Waals surface area contributed by atoms with Gasteiger partial charge in [-0.25, -0.2) is 4.63 Å². The van der Waals surface area contributed by atoms with Gasteiger partial charge in [-0.3, -0.25) is 4.79 Å². The Morgan fingerprint density at radius 3 is 2.81 bits per heavy atom. The molecule has 1 aliphatic carbocycles. The van der Waals surface area contributed by atoms with Crippen LogP contribution in [0.1, 0.15) is 38.3 Å². The molecule has 2 aliphatic rings. The van der Waals surface area contributed by atoms with Crippen molar-refractivity contribution in [1.29, 1.82) is 0 Å². The van der Waals surface area contributed by atoms with Crippen molar-refractivity contribution in [2.45, 2.75) is 32.7 Å². The van der Waals surface area contributed by atoms with Crippen molar-refractivity contribution < 1.29 is 19.3 Å². The van der Waals surface area contributed by atoms with Gasteiger partial charge < -0.3 is 20.5 Å². The fourth-order valence-corrected chi connectivity index (χ4v) is 3.62. The number of fused-ring (bicyclic) bond motifs is 1. The van der Waals surface area contributed by atoms with Crippen LogP contribution in [-0.2, 0) is 4.79 Å². The molecule has 8 nitrogen and oxygen atoms in total. The molecule has 4 rings (SSSR count). The number of aromatic hydroxyl groups is 1. The topological polar surface area (TPSA) is 110 Å². The number of ketones is 1. The third kappa shape index (κ3) is 2.67. The van der Waals surface area contributed by atoms with Crippen molar-refractivity contribution in [2.75, 3.05) is 17.7 Å². The number of ether oxygens (including phenoxy) is 1. The number of aromatic nitrogens is 2. The van der Waals surface area contributed by atoms with Crippen molar-refractivity contribution in [3.63, 3.8) is 0 Å². The first-order valence-corrected chi connectivity index (χ1v) is 8.37. The number of benzene rings is 1. The Bertz CT molecular complexity index is 916. The molecule has 2 aromatic rings. The van der Waals surface area contributed by atoms with Crippen molar-refractivity contribution in [1.82, 2.24) is 10.3 Å². The second-order valence-corrected chi connectivity index (χ2v) is 7.43. The molecular weight excluding hydrogens is 336 g/mol. The lowest BCUT2D eigenvalue weighted by Crippen LogP contribution is -2.31. The Morgan fingerprint density at radius 2 is 2.04 bits per heavy atom. The summed E-state index contributed by atoms with van der Waals surface area (Å²) < 4.78 is 10.0. The van der Waals surface area contributed by atoms with Gasteiger partial charge in [0.05, 0.1) is 13.2 Å². The largest absolute Gasteiger partial charge is 0.504 e. The van der Waals surface area contributed by atoms with Crippen LogP contribution in [0.3, 0.4) is 0 Å². The van der Waals surface area contributed by atoms with Gasteiger partial charge in [-0.2, -0.15) is 0 Å². The van der Waals surface area contributed by atoms with Crippen LogP contribution in [0, 0.1) is 5.41 Å². The molecule has 0 saturated heterocycles.